The van der Waals surface area contributed by atoms with Crippen LogP contribution in [0.5, 0.6) is 0 Å². The molecule has 2 amide bonds. The number of carbonyl (C=O) groups excluding carboxylic acids is 2. The van der Waals surface area contributed by atoms with Crippen LogP contribution in [0.25, 0.3) is 0 Å². The standard InChI is InChI=1S/C14H13F2NO4/c15-10-5-8-9(6-11(10)16)13(19)17(12(8)18)7-14(20)1-3-21-4-2-14/h5-6,20H,1-4,7H2. The molecule has 112 valence electrons. The van der Waals surface area contributed by atoms with Gasteiger partial charge >= 0.3 is 0 Å². The Hall–Kier alpha value is -1.86. The zero-order chi connectivity index (χ0) is 15.2. The van der Waals surface area contributed by atoms with E-state index in [0.717, 1.165) is 17.0 Å². The second-order valence-corrected chi connectivity index (χ2v) is 5.35. The minimum Gasteiger partial charge on any atom is -0.388 e. The molecule has 2 heterocycles. The zero-order valence-corrected chi connectivity index (χ0v) is 11.1. The largest absolute Gasteiger partial charge is 0.388 e. The summed E-state index contributed by atoms with van der Waals surface area (Å²) in [5.41, 5.74) is -1.56. The number of benzene rings is 1. The maximum atomic E-state index is 13.2. The molecular weight excluding hydrogens is 284 g/mol. The number of hydrogen-bond donors (Lipinski definition) is 1. The first kappa shape index (κ1) is 14.1. The monoisotopic (exact) mass is 297 g/mol. The minimum absolute atomic E-state index is 0.172. The van der Waals surface area contributed by atoms with Gasteiger partial charge in [-0.05, 0) is 12.1 Å². The molecule has 0 unspecified atom stereocenters. The Morgan fingerprint density at radius 3 is 2.05 bits per heavy atom. The molecule has 1 fully saturated rings. The Balaban J connectivity index is 1.89. The van der Waals surface area contributed by atoms with Crippen LogP contribution in [0.15, 0.2) is 12.1 Å². The van der Waals surface area contributed by atoms with E-state index in [1.165, 1.54) is 0 Å². The van der Waals surface area contributed by atoms with Gasteiger partial charge in [0.05, 0.1) is 23.3 Å². The third kappa shape index (κ3) is 2.32. The van der Waals surface area contributed by atoms with Crippen molar-refractivity contribution in [2.45, 2.75) is 18.4 Å². The predicted molar refractivity (Wildman–Crippen MR) is 66.7 cm³/mol. The van der Waals surface area contributed by atoms with Gasteiger partial charge in [0.1, 0.15) is 0 Å². The number of rotatable bonds is 2. The average molecular weight is 297 g/mol. The van der Waals surface area contributed by atoms with Crippen molar-refractivity contribution in [2.75, 3.05) is 19.8 Å². The van der Waals surface area contributed by atoms with Crippen molar-refractivity contribution < 1.29 is 28.2 Å². The highest BCUT2D eigenvalue weighted by atomic mass is 19.2. The van der Waals surface area contributed by atoms with Crippen molar-refractivity contribution >= 4 is 11.8 Å². The quantitative estimate of drug-likeness (QED) is 0.830. The lowest BCUT2D eigenvalue weighted by Gasteiger charge is -2.34. The number of imide groups is 1. The fraction of sp³-hybridized carbons (Fsp3) is 0.429. The smallest absolute Gasteiger partial charge is 0.261 e. The number of fused-ring (bicyclic) bond motifs is 1. The van der Waals surface area contributed by atoms with Crippen molar-refractivity contribution in [1.82, 2.24) is 4.90 Å². The minimum atomic E-state index is -1.22. The summed E-state index contributed by atoms with van der Waals surface area (Å²) in [6.45, 7) is 0.470. The lowest BCUT2D eigenvalue weighted by Crippen LogP contribution is -2.48. The van der Waals surface area contributed by atoms with E-state index < -0.39 is 29.0 Å². The Labute approximate surface area is 119 Å². The van der Waals surface area contributed by atoms with Gasteiger partial charge in [-0.1, -0.05) is 0 Å². The van der Waals surface area contributed by atoms with E-state index in [1.54, 1.807) is 0 Å². The van der Waals surface area contributed by atoms with Crippen LogP contribution < -0.4 is 0 Å². The number of aliphatic hydroxyl groups is 1. The summed E-state index contributed by atoms with van der Waals surface area (Å²) in [6.07, 6.45) is 0.590. The molecule has 0 aromatic heterocycles. The topological polar surface area (TPSA) is 66.8 Å². The van der Waals surface area contributed by atoms with E-state index in [9.17, 15) is 23.5 Å². The van der Waals surface area contributed by atoms with Crippen molar-refractivity contribution in [3.05, 3.63) is 34.9 Å². The Morgan fingerprint density at radius 2 is 1.57 bits per heavy atom. The lowest BCUT2D eigenvalue weighted by atomic mass is 9.94. The van der Waals surface area contributed by atoms with Gasteiger partial charge in [0, 0.05) is 26.1 Å². The van der Waals surface area contributed by atoms with Crippen LogP contribution in [0.2, 0.25) is 0 Å². The molecule has 7 heteroatoms. The highest BCUT2D eigenvalue weighted by Crippen LogP contribution is 2.29. The highest BCUT2D eigenvalue weighted by Gasteiger charge is 2.42. The van der Waals surface area contributed by atoms with Gasteiger partial charge in [-0.3, -0.25) is 14.5 Å². The number of hydrogen-bond acceptors (Lipinski definition) is 4. The number of amides is 2. The molecule has 0 bridgehead atoms. The molecule has 0 saturated carbocycles. The van der Waals surface area contributed by atoms with E-state index in [0.29, 0.717) is 26.1 Å². The third-order valence-corrected chi connectivity index (χ3v) is 3.89. The fourth-order valence-corrected chi connectivity index (χ4v) is 2.63. The summed E-state index contributed by atoms with van der Waals surface area (Å²) in [6, 6.07) is 1.44. The summed E-state index contributed by atoms with van der Waals surface area (Å²) in [7, 11) is 0. The summed E-state index contributed by atoms with van der Waals surface area (Å²) < 4.78 is 31.6. The van der Waals surface area contributed by atoms with Crippen molar-refractivity contribution in [1.29, 1.82) is 0 Å². The van der Waals surface area contributed by atoms with Crippen LogP contribution in [-0.2, 0) is 4.74 Å². The molecule has 2 aliphatic heterocycles. The first-order chi connectivity index (χ1) is 9.91. The average Bonchev–Trinajstić information content (AvgIpc) is 2.66. The van der Waals surface area contributed by atoms with E-state index in [-0.39, 0.29) is 17.7 Å². The Bertz CT molecular complexity index is 585. The molecule has 0 spiro atoms. The van der Waals surface area contributed by atoms with Crippen LogP contribution in [0.3, 0.4) is 0 Å². The van der Waals surface area contributed by atoms with Gasteiger partial charge in [0.15, 0.2) is 11.6 Å². The molecule has 1 saturated heterocycles. The van der Waals surface area contributed by atoms with Crippen LogP contribution >= 0.6 is 0 Å². The van der Waals surface area contributed by atoms with E-state index in [1.807, 2.05) is 0 Å². The summed E-state index contributed by atoms with van der Waals surface area (Å²) in [4.78, 5) is 25.2. The van der Waals surface area contributed by atoms with Crippen LogP contribution in [0, 0.1) is 11.6 Å². The van der Waals surface area contributed by atoms with Crippen molar-refractivity contribution in [2.24, 2.45) is 0 Å². The number of halogens is 2. The first-order valence-electron chi connectivity index (χ1n) is 6.57. The summed E-state index contributed by atoms with van der Waals surface area (Å²) >= 11 is 0. The number of carbonyl (C=O) groups is 2. The maximum Gasteiger partial charge on any atom is 0.261 e. The zero-order valence-electron chi connectivity index (χ0n) is 11.1. The normalized spacial score (nSPS) is 20.8. The van der Waals surface area contributed by atoms with Gasteiger partial charge in [-0.15, -0.1) is 0 Å². The molecule has 21 heavy (non-hydrogen) atoms. The van der Waals surface area contributed by atoms with Crippen LogP contribution in [0.4, 0.5) is 8.78 Å². The fourth-order valence-electron chi connectivity index (χ4n) is 2.63. The van der Waals surface area contributed by atoms with E-state index in [4.69, 9.17) is 4.74 Å². The third-order valence-electron chi connectivity index (χ3n) is 3.89. The number of ether oxygens (including phenoxy) is 1. The van der Waals surface area contributed by atoms with Crippen LogP contribution in [-0.4, -0.2) is 47.2 Å². The van der Waals surface area contributed by atoms with Gasteiger partial charge in [0.25, 0.3) is 11.8 Å². The molecule has 1 aromatic carbocycles. The predicted octanol–water partition coefficient (Wildman–Crippen LogP) is 1.10. The summed E-state index contributed by atoms with van der Waals surface area (Å²) in [5.74, 6) is -3.79. The second kappa shape index (κ2) is 4.85. The van der Waals surface area contributed by atoms with Gasteiger partial charge in [-0.25, -0.2) is 8.78 Å². The molecule has 0 atom stereocenters. The molecule has 1 aromatic rings. The van der Waals surface area contributed by atoms with Crippen molar-refractivity contribution in [3.63, 3.8) is 0 Å². The molecule has 3 rings (SSSR count). The Morgan fingerprint density at radius 1 is 1.10 bits per heavy atom. The lowest BCUT2D eigenvalue weighted by molar-refractivity contribution is -0.0722. The van der Waals surface area contributed by atoms with Gasteiger partial charge in [0.2, 0.25) is 0 Å². The SMILES string of the molecule is O=C1c2cc(F)c(F)cc2C(=O)N1CC1(O)CCOCC1. The number of nitrogens with zero attached hydrogens (tertiary/aromatic N) is 1. The molecule has 0 radical (unpaired) electrons. The van der Waals surface area contributed by atoms with Crippen LogP contribution in [0.1, 0.15) is 33.6 Å². The van der Waals surface area contributed by atoms with Gasteiger partial charge in [-0.2, -0.15) is 0 Å². The molecule has 2 aliphatic rings. The molecule has 1 N–H and O–H groups in total. The van der Waals surface area contributed by atoms with E-state index in [2.05, 4.69) is 0 Å². The first-order valence-corrected chi connectivity index (χ1v) is 6.57. The Kier molecular flexibility index (Phi) is 3.26. The van der Waals surface area contributed by atoms with E-state index >= 15 is 0 Å². The van der Waals surface area contributed by atoms with Crippen molar-refractivity contribution in [3.8, 4) is 0 Å². The molecule has 5 nitrogen and oxygen atoms in total. The van der Waals surface area contributed by atoms with Gasteiger partial charge < -0.3 is 9.84 Å². The summed E-state index contributed by atoms with van der Waals surface area (Å²) in [5, 5.41) is 10.4. The number of β-amino-alcohol motifs (C(OH)–C–C–N with tert-alkyl or cyclic N) is 1. The molecular formula is C14H13F2NO4. The molecule has 0 aliphatic carbocycles. The maximum absolute atomic E-state index is 13.2. The highest BCUT2D eigenvalue weighted by molar-refractivity contribution is 6.21. The second-order valence-electron chi connectivity index (χ2n) is 5.35.